The van der Waals surface area contributed by atoms with E-state index in [0.29, 0.717) is 17.3 Å². The molecule has 0 saturated carbocycles. The molecule has 0 bridgehead atoms. The quantitative estimate of drug-likeness (QED) is 0.766. The standard InChI is InChI=1S/C15H15ClN4OS/c1-20(2)14(21)11-5-4-10(18-11)8-17-15-19-12-7-9(16)3-6-13(12)22-15/h3-7,18H,8H2,1-2H3,(H,17,19). The molecule has 0 spiro atoms. The van der Waals surface area contributed by atoms with E-state index in [-0.39, 0.29) is 5.91 Å². The van der Waals surface area contributed by atoms with Crippen LogP contribution in [0.2, 0.25) is 5.02 Å². The van der Waals surface area contributed by atoms with Crippen LogP contribution in [0.25, 0.3) is 10.2 Å². The number of amides is 1. The van der Waals surface area contributed by atoms with E-state index in [1.54, 1.807) is 36.4 Å². The molecule has 3 aromatic rings. The van der Waals surface area contributed by atoms with Gasteiger partial charge in [-0.25, -0.2) is 4.98 Å². The van der Waals surface area contributed by atoms with Crippen LogP contribution in [-0.4, -0.2) is 34.9 Å². The van der Waals surface area contributed by atoms with Gasteiger partial charge in [0.1, 0.15) is 5.69 Å². The van der Waals surface area contributed by atoms with E-state index in [9.17, 15) is 4.79 Å². The highest BCUT2D eigenvalue weighted by atomic mass is 35.5. The third-order valence-corrected chi connectivity index (χ3v) is 4.39. The lowest BCUT2D eigenvalue weighted by atomic mass is 10.3. The van der Waals surface area contributed by atoms with Crippen molar-refractivity contribution in [2.45, 2.75) is 6.54 Å². The number of aromatic amines is 1. The van der Waals surface area contributed by atoms with Crippen LogP contribution in [0.4, 0.5) is 5.13 Å². The molecule has 3 rings (SSSR count). The van der Waals surface area contributed by atoms with E-state index in [2.05, 4.69) is 15.3 Å². The third kappa shape index (κ3) is 3.08. The summed E-state index contributed by atoms with van der Waals surface area (Å²) in [4.78, 5) is 21.0. The van der Waals surface area contributed by atoms with E-state index < -0.39 is 0 Å². The van der Waals surface area contributed by atoms with Gasteiger partial charge in [0.2, 0.25) is 0 Å². The molecule has 0 fully saturated rings. The molecule has 0 unspecified atom stereocenters. The first-order chi connectivity index (χ1) is 10.5. The molecule has 0 radical (unpaired) electrons. The molecule has 0 saturated heterocycles. The number of hydrogen-bond acceptors (Lipinski definition) is 4. The van der Waals surface area contributed by atoms with Crippen molar-refractivity contribution in [1.29, 1.82) is 0 Å². The van der Waals surface area contributed by atoms with Gasteiger partial charge in [0.05, 0.1) is 16.8 Å². The molecule has 5 nitrogen and oxygen atoms in total. The second kappa shape index (κ2) is 5.98. The lowest BCUT2D eigenvalue weighted by Gasteiger charge is -2.07. The first-order valence-corrected chi connectivity index (χ1v) is 7.92. The molecule has 22 heavy (non-hydrogen) atoms. The molecular weight excluding hydrogens is 320 g/mol. The Morgan fingerprint density at radius 2 is 2.18 bits per heavy atom. The first kappa shape index (κ1) is 14.9. The van der Waals surface area contributed by atoms with Gasteiger partial charge in [0.15, 0.2) is 5.13 Å². The largest absolute Gasteiger partial charge is 0.356 e. The highest BCUT2D eigenvalue weighted by molar-refractivity contribution is 7.22. The Morgan fingerprint density at radius 3 is 2.95 bits per heavy atom. The predicted molar refractivity (Wildman–Crippen MR) is 90.8 cm³/mol. The van der Waals surface area contributed by atoms with Crippen LogP contribution in [0.3, 0.4) is 0 Å². The summed E-state index contributed by atoms with van der Waals surface area (Å²) >= 11 is 7.54. The van der Waals surface area contributed by atoms with E-state index in [1.807, 2.05) is 24.3 Å². The number of aromatic nitrogens is 2. The fourth-order valence-electron chi connectivity index (χ4n) is 2.06. The van der Waals surface area contributed by atoms with Gasteiger partial charge >= 0.3 is 0 Å². The smallest absolute Gasteiger partial charge is 0.269 e. The maximum absolute atomic E-state index is 11.8. The number of H-pyrrole nitrogens is 1. The number of nitrogens with zero attached hydrogens (tertiary/aromatic N) is 2. The Balaban J connectivity index is 1.70. The monoisotopic (exact) mass is 334 g/mol. The van der Waals surface area contributed by atoms with Gasteiger partial charge in [-0.3, -0.25) is 4.79 Å². The van der Waals surface area contributed by atoms with Crippen molar-refractivity contribution in [2.24, 2.45) is 0 Å². The van der Waals surface area contributed by atoms with E-state index in [0.717, 1.165) is 21.0 Å². The number of rotatable bonds is 4. The Kier molecular flexibility index (Phi) is 4.04. The summed E-state index contributed by atoms with van der Waals surface area (Å²) in [5, 5.41) is 4.77. The second-order valence-electron chi connectivity index (χ2n) is 5.08. The van der Waals surface area contributed by atoms with E-state index in [1.165, 1.54) is 0 Å². The van der Waals surface area contributed by atoms with E-state index in [4.69, 9.17) is 11.6 Å². The number of anilines is 1. The van der Waals surface area contributed by atoms with Gasteiger partial charge < -0.3 is 15.2 Å². The fraction of sp³-hybridized carbons (Fsp3) is 0.200. The Bertz CT molecular complexity index is 824. The van der Waals surface area contributed by atoms with Crippen LogP contribution in [0, 0.1) is 0 Å². The molecule has 2 heterocycles. The average Bonchev–Trinajstić information content (AvgIpc) is 3.09. The van der Waals surface area contributed by atoms with Crippen molar-refractivity contribution < 1.29 is 4.79 Å². The summed E-state index contributed by atoms with van der Waals surface area (Å²) in [7, 11) is 3.46. The van der Waals surface area contributed by atoms with Crippen molar-refractivity contribution in [3.8, 4) is 0 Å². The van der Waals surface area contributed by atoms with Crippen LogP contribution >= 0.6 is 22.9 Å². The summed E-state index contributed by atoms with van der Waals surface area (Å²) in [6.07, 6.45) is 0. The Hall–Kier alpha value is -2.05. The summed E-state index contributed by atoms with van der Waals surface area (Å²) in [6, 6.07) is 9.35. The van der Waals surface area contributed by atoms with Crippen LogP contribution in [0.15, 0.2) is 30.3 Å². The fourth-order valence-corrected chi connectivity index (χ4v) is 3.06. The number of hydrogen-bond donors (Lipinski definition) is 2. The first-order valence-electron chi connectivity index (χ1n) is 6.72. The highest BCUT2D eigenvalue weighted by Crippen LogP contribution is 2.28. The van der Waals surface area contributed by atoms with Gasteiger partial charge in [-0.2, -0.15) is 0 Å². The number of benzene rings is 1. The zero-order valence-electron chi connectivity index (χ0n) is 12.2. The van der Waals surface area contributed by atoms with Crippen LogP contribution in [-0.2, 0) is 6.54 Å². The number of nitrogens with one attached hydrogen (secondary N) is 2. The van der Waals surface area contributed by atoms with Crippen LogP contribution < -0.4 is 5.32 Å². The van der Waals surface area contributed by atoms with Crippen molar-refractivity contribution in [3.63, 3.8) is 0 Å². The molecule has 0 atom stereocenters. The maximum Gasteiger partial charge on any atom is 0.269 e. The number of carbonyl (C=O) groups excluding carboxylic acids is 1. The van der Waals surface area contributed by atoms with Gasteiger partial charge in [0.25, 0.3) is 5.91 Å². The van der Waals surface area contributed by atoms with Crippen molar-refractivity contribution in [2.75, 3.05) is 19.4 Å². The third-order valence-electron chi connectivity index (χ3n) is 3.16. The normalized spacial score (nSPS) is 10.9. The summed E-state index contributed by atoms with van der Waals surface area (Å²) in [5.74, 6) is -0.0409. The Morgan fingerprint density at radius 1 is 1.36 bits per heavy atom. The Labute approximate surface area is 136 Å². The number of carbonyl (C=O) groups is 1. The summed E-state index contributed by atoms with van der Waals surface area (Å²) in [6.45, 7) is 0.578. The zero-order valence-corrected chi connectivity index (χ0v) is 13.8. The topological polar surface area (TPSA) is 61.0 Å². The minimum Gasteiger partial charge on any atom is -0.356 e. The molecule has 7 heteroatoms. The van der Waals surface area contributed by atoms with Gasteiger partial charge in [-0.05, 0) is 30.3 Å². The summed E-state index contributed by atoms with van der Waals surface area (Å²) in [5.41, 5.74) is 2.40. The van der Waals surface area contributed by atoms with E-state index >= 15 is 0 Å². The minimum absolute atomic E-state index is 0.0409. The molecule has 2 aromatic heterocycles. The second-order valence-corrected chi connectivity index (χ2v) is 6.55. The van der Waals surface area contributed by atoms with Crippen molar-refractivity contribution in [3.05, 3.63) is 46.7 Å². The minimum atomic E-state index is -0.0409. The van der Waals surface area contributed by atoms with Gasteiger partial charge in [-0.15, -0.1) is 0 Å². The zero-order chi connectivity index (χ0) is 15.7. The molecule has 1 amide bonds. The van der Waals surface area contributed by atoms with Gasteiger partial charge in [0, 0.05) is 24.8 Å². The lowest BCUT2D eigenvalue weighted by Crippen LogP contribution is -2.22. The van der Waals surface area contributed by atoms with Crippen molar-refractivity contribution in [1.82, 2.24) is 14.9 Å². The molecule has 0 aliphatic carbocycles. The van der Waals surface area contributed by atoms with Crippen molar-refractivity contribution >= 4 is 44.2 Å². The lowest BCUT2D eigenvalue weighted by molar-refractivity contribution is 0.0822. The van der Waals surface area contributed by atoms with Crippen LogP contribution in [0.5, 0.6) is 0 Å². The molecule has 0 aliphatic rings. The van der Waals surface area contributed by atoms with Crippen LogP contribution in [0.1, 0.15) is 16.2 Å². The molecule has 1 aromatic carbocycles. The highest BCUT2D eigenvalue weighted by Gasteiger charge is 2.10. The molecular formula is C15H15ClN4OS. The number of halogens is 1. The molecule has 114 valence electrons. The maximum atomic E-state index is 11.8. The number of thiazole rings is 1. The number of fused-ring (bicyclic) bond motifs is 1. The van der Waals surface area contributed by atoms with Gasteiger partial charge in [-0.1, -0.05) is 22.9 Å². The SMILES string of the molecule is CN(C)C(=O)c1ccc(CNc2nc3cc(Cl)ccc3s2)[nH]1. The summed E-state index contributed by atoms with van der Waals surface area (Å²) < 4.78 is 1.09. The average molecular weight is 335 g/mol. The molecule has 2 N–H and O–H groups in total. The molecule has 0 aliphatic heterocycles. The predicted octanol–water partition coefficient (Wildman–Crippen LogP) is 3.59.